The summed E-state index contributed by atoms with van der Waals surface area (Å²) in [5.41, 5.74) is 3.33. The largest absolute Gasteiger partial charge is 0.299 e. The molecule has 1 aliphatic rings. The molecular formula is C24H21F2NS. The Bertz CT molecular complexity index is 1260. The molecule has 4 aromatic rings. The van der Waals surface area contributed by atoms with Gasteiger partial charge in [-0.25, -0.2) is 0 Å². The standard InChI is InChI=1S/C24H21F2NS/c1-13-5-6-16-15(9-13)22-21-18(7-8-27-22)28-19-11-14(12-23(2,3)4)10-17(20(19)21)24(16,25)26/h5-11H,12H2,1-4H3. The summed E-state index contributed by atoms with van der Waals surface area (Å²) in [4.78, 5) is 4.56. The normalized spacial score (nSPS) is 15.2. The summed E-state index contributed by atoms with van der Waals surface area (Å²) in [6, 6.07) is 10.9. The molecule has 2 heterocycles. The van der Waals surface area contributed by atoms with Crippen molar-refractivity contribution in [2.45, 2.75) is 40.0 Å². The number of fused-ring (bicyclic) bond motifs is 2. The molecule has 0 saturated carbocycles. The number of hydrogen-bond donors (Lipinski definition) is 0. The molecule has 0 saturated heterocycles. The third kappa shape index (κ3) is 2.51. The Kier molecular flexibility index (Phi) is 3.55. The number of rotatable bonds is 1. The number of pyridine rings is 1. The van der Waals surface area contributed by atoms with Gasteiger partial charge in [-0.15, -0.1) is 11.3 Å². The zero-order chi connectivity index (χ0) is 19.8. The first kappa shape index (κ1) is 17.7. The number of halogens is 2. The summed E-state index contributed by atoms with van der Waals surface area (Å²) in [5, 5.41) is 1.53. The van der Waals surface area contributed by atoms with E-state index in [0.717, 1.165) is 32.3 Å². The van der Waals surface area contributed by atoms with Gasteiger partial charge in [-0.3, -0.25) is 4.98 Å². The molecule has 1 nitrogen and oxygen atoms in total. The molecule has 2 aromatic heterocycles. The van der Waals surface area contributed by atoms with E-state index in [4.69, 9.17) is 0 Å². The summed E-state index contributed by atoms with van der Waals surface area (Å²) in [6.45, 7) is 8.34. The number of nitrogens with zero attached hydrogens (tertiary/aromatic N) is 1. The smallest absolute Gasteiger partial charge is 0.255 e. The highest BCUT2D eigenvalue weighted by atomic mass is 32.1. The predicted octanol–water partition coefficient (Wildman–Crippen LogP) is 7.47. The van der Waals surface area contributed by atoms with Crippen LogP contribution in [0.3, 0.4) is 0 Å². The predicted molar refractivity (Wildman–Crippen MR) is 113 cm³/mol. The summed E-state index contributed by atoms with van der Waals surface area (Å²) < 4.78 is 33.8. The van der Waals surface area contributed by atoms with Gasteiger partial charge >= 0.3 is 0 Å². The molecule has 5 rings (SSSR count). The van der Waals surface area contributed by atoms with Crippen molar-refractivity contribution < 1.29 is 8.78 Å². The van der Waals surface area contributed by atoms with Crippen molar-refractivity contribution in [1.29, 1.82) is 0 Å². The first-order valence-electron chi connectivity index (χ1n) is 9.49. The van der Waals surface area contributed by atoms with E-state index in [1.54, 1.807) is 35.7 Å². The van der Waals surface area contributed by atoms with Gasteiger partial charge < -0.3 is 0 Å². The fraction of sp³-hybridized carbons (Fsp3) is 0.292. The third-order valence-electron chi connectivity index (χ3n) is 5.39. The summed E-state index contributed by atoms with van der Waals surface area (Å²) in [5.74, 6) is -3.07. The van der Waals surface area contributed by atoms with Crippen molar-refractivity contribution in [2.75, 3.05) is 0 Å². The molecule has 0 spiro atoms. The molecule has 142 valence electrons. The summed E-state index contributed by atoms with van der Waals surface area (Å²) >= 11 is 1.59. The lowest BCUT2D eigenvalue weighted by Gasteiger charge is -2.22. The average molecular weight is 394 g/mol. The van der Waals surface area contributed by atoms with Crippen LogP contribution in [0.1, 0.15) is 43.0 Å². The van der Waals surface area contributed by atoms with Gasteiger partial charge in [0.15, 0.2) is 0 Å². The second-order valence-corrected chi connectivity index (χ2v) is 10.1. The molecule has 2 aromatic carbocycles. The minimum Gasteiger partial charge on any atom is -0.255 e. The van der Waals surface area contributed by atoms with Gasteiger partial charge in [-0.2, -0.15) is 8.78 Å². The van der Waals surface area contributed by atoms with E-state index in [0.29, 0.717) is 16.6 Å². The number of aromatic nitrogens is 1. The van der Waals surface area contributed by atoms with Crippen LogP contribution in [0.25, 0.3) is 31.4 Å². The van der Waals surface area contributed by atoms with E-state index >= 15 is 8.78 Å². The maximum Gasteiger partial charge on any atom is 0.299 e. The highest BCUT2D eigenvalue weighted by molar-refractivity contribution is 7.26. The van der Waals surface area contributed by atoms with Crippen molar-refractivity contribution >= 4 is 31.5 Å². The Morgan fingerprint density at radius 1 is 0.964 bits per heavy atom. The van der Waals surface area contributed by atoms with Crippen LogP contribution in [-0.2, 0) is 12.3 Å². The molecule has 0 aliphatic heterocycles. The lowest BCUT2D eigenvalue weighted by molar-refractivity contribution is 0.0452. The summed E-state index contributed by atoms with van der Waals surface area (Å²) in [6.07, 6.45) is 2.49. The molecule has 0 bridgehead atoms. The molecule has 0 unspecified atom stereocenters. The Labute approximate surface area is 167 Å². The summed E-state index contributed by atoms with van der Waals surface area (Å²) in [7, 11) is 0. The van der Waals surface area contributed by atoms with Crippen LogP contribution in [0.4, 0.5) is 8.78 Å². The topological polar surface area (TPSA) is 12.9 Å². The van der Waals surface area contributed by atoms with Crippen LogP contribution in [0.15, 0.2) is 42.6 Å². The van der Waals surface area contributed by atoms with E-state index in [1.807, 2.05) is 19.1 Å². The number of alkyl halides is 2. The van der Waals surface area contributed by atoms with Gasteiger partial charge in [0.1, 0.15) is 0 Å². The lowest BCUT2D eigenvalue weighted by atomic mass is 9.86. The van der Waals surface area contributed by atoms with Gasteiger partial charge in [0, 0.05) is 43.1 Å². The van der Waals surface area contributed by atoms with Crippen molar-refractivity contribution in [3.05, 3.63) is 64.8 Å². The lowest BCUT2D eigenvalue weighted by Crippen LogP contribution is -2.17. The number of hydrogen-bond acceptors (Lipinski definition) is 2. The first-order valence-corrected chi connectivity index (χ1v) is 10.3. The van der Waals surface area contributed by atoms with Gasteiger partial charge in [-0.1, -0.05) is 38.5 Å². The zero-order valence-corrected chi connectivity index (χ0v) is 17.2. The van der Waals surface area contributed by atoms with E-state index in [2.05, 4.69) is 31.8 Å². The monoisotopic (exact) mass is 393 g/mol. The first-order chi connectivity index (χ1) is 13.1. The van der Waals surface area contributed by atoms with Crippen LogP contribution in [0.2, 0.25) is 0 Å². The molecular weight excluding hydrogens is 372 g/mol. The van der Waals surface area contributed by atoms with Gasteiger partial charge in [0.25, 0.3) is 5.92 Å². The van der Waals surface area contributed by atoms with E-state index < -0.39 is 5.92 Å². The van der Waals surface area contributed by atoms with Gasteiger partial charge in [0.05, 0.1) is 5.69 Å². The highest BCUT2D eigenvalue weighted by Gasteiger charge is 2.42. The van der Waals surface area contributed by atoms with Crippen LogP contribution in [0, 0.1) is 12.3 Å². The van der Waals surface area contributed by atoms with E-state index in [-0.39, 0.29) is 16.5 Å². The van der Waals surface area contributed by atoms with Gasteiger partial charge in [0.2, 0.25) is 0 Å². The SMILES string of the molecule is Cc1ccc2c(c1)-c1nccc3sc4cc(CC(C)(C)C)cc(c4c13)C2(F)F. The molecule has 0 amide bonds. The van der Waals surface area contributed by atoms with Gasteiger partial charge in [-0.05, 0) is 48.6 Å². The second-order valence-electron chi connectivity index (χ2n) is 9.01. The average Bonchev–Trinajstić information content (AvgIpc) is 2.93. The second kappa shape index (κ2) is 5.60. The number of aryl methyl sites for hydroxylation is 1. The van der Waals surface area contributed by atoms with Crippen molar-refractivity contribution in [1.82, 2.24) is 4.98 Å². The third-order valence-corrected chi connectivity index (χ3v) is 6.49. The number of benzene rings is 2. The van der Waals surface area contributed by atoms with Crippen LogP contribution >= 0.6 is 11.3 Å². The fourth-order valence-corrected chi connectivity index (χ4v) is 5.53. The van der Waals surface area contributed by atoms with E-state index in [9.17, 15) is 0 Å². The highest BCUT2D eigenvalue weighted by Crippen LogP contribution is 2.52. The molecule has 0 N–H and O–H groups in total. The Hall–Kier alpha value is -2.33. The maximum absolute atomic E-state index is 15.9. The Morgan fingerprint density at radius 2 is 1.75 bits per heavy atom. The van der Waals surface area contributed by atoms with Crippen molar-refractivity contribution in [2.24, 2.45) is 5.41 Å². The van der Waals surface area contributed by atoms with Crippen LogP contribution < -0.4 is 0 Å². The zero-order valence-electron chi connectivity index (χ0n) is 16.4. The molecule has 28 heavy (non-hydrogen) atoms. The van der Waals surface area contributed by atoms with Crippen molar-refractivity contribution in [3.63, 3.8) is 0 Å². The number of thiophene rings is 1. The molecule has 0 radical (unpaired) electrons. The Balaban J connectivity index is 1.96. The van der Waals surface area contributed by atoms with Crippen LogP contribution in [0.5, 0.6) is 0 Å². The minimum absolute atomic E-state index is 0.0266. The van der Waals surface area contributed by atoms with Crippen LogP contribution in [-0.4, -0.2) is 4.98 Å². The molecule has 0 fully saturated rings. The molecule has 1 aliphatic carbocycles. The molecule has 0 atom stereocenters. The van der Waals surface area contributed by atoms with Crippen molar-refractivity contribution in [3.8, 4) is 11.3 Å². The quantitative estimate of drug-likeness (QED) is 0.327. The maximum atomic E-state index is 15.9. The van der Waals surface area contributed by atoms with E-state index in [1.165, 1.54) is 0 Å². The Morgan fingerprint density at radius 3 is 2.50 bits per heavy atom. The minimum atomic E-state index is -3.07. The molecule has 4 heteroatoms. The fourth-order valence-electron chi connectivity index (χ4n) is 4.34.